The Hall–Kier alpha value is -2.64. The molecule has 0 unspecified atom stereocenters. The molecule has 0 saturated carbocycles. The number of halogens is 4. The number of hydrogen-bond donors (Lipinski definition) is 4. The van der Waals surface area contributed by atoms with Crippen LogP contribution in [0, 0.1) is 0 Å². The summed E-state index contributed by atoms with van der Waals surface area (Å²) < 4.78 is 0. The van der Waals surface area contributed by atoms with Gasteiger partial charge in [-0.1, -0.05) is 46.4 Å². The molecule has 0 atom stereocenters. The number of rotatable bonds is 4. The lowest BCUT2D eigenvalue weighted by Gasteiger charge is -2.10. The van der Waals surface area contributed by atoms with E-state index < -0.39 is 12.1 Å². The Morgan fingerprint density at radius 1 is 0.467 bits per heavy atom. The zero-order valence-electron chi connectivity index (χ0n) is 15.1. The monoisotopic (exact) mass is 482 g/mol. The van der Waals surface area contributed by atoms with Gasteiger partial charge in [-0.05, 0) is 60.7 Å². The van der Waals surface area contributed by atoms with Gasteiger partial charge < -0.3 is 21.3 Å². The highest BCUT2D eigenvalue weighted by molar-refractivity contribution is 6.42. The highest BCUT2D eigenvalue weighted by Crippen LogP contribution is 2.26. The Morgan fingerprint density at radius 2 is 0.767 bits per heavy atom. The maximum absolute atomic E-state index is 12.1. The molecule has 4 amide bonds. The van der Waals surface area contributed by atoms with Crippen molar-refractivity contribution in [3.63, 3.8) is 0 Å². The number of anilines is 4. The van der Waals surface area contributed by atoms with E-state index >= 15 is 0 Å². The molecule has 3 rings (SSSR count). The first-order valence-electron chi connectivity index (χ1n) is 8.46. The molecule has 154 valence electrons. The molecule has 10 heteroatoms. The first kappa shape index (κ1) is 22.1. The van der Waals surface area contributed by atoms with Gasteiger partial charge >= 0.3 is 12.1 Å². The maximum atomic E-state index is 12.1. The highest BCUT2D eigenvalue weighted by atomic mass is 35.5. The van der Waals surface area contributed by atoms with Crippen LogP contribution in [0.1, 0.15) is 0 Å². The first-order chi connectivity index (χ1) is 14.3. The van der Waals surface area contributed by atoms with Crippen molar-refractivity contribution >= 4 is 81.2 Å². The van der Waals surface area contributed by atoms with Gasteiger partial charge in [0.25, 0.3) is 0 Å². The molecule has 0 bridgehead atoms. The average Bonchev–Trinajstić information content (AvgIpc) is 2.69. The van der Waals surface area contributed by atoms with Gasteiger partial charge in [0.15, 0.2) is 0 Å². The predicted octanol–water partition coefficient (Wildman–Crippen LogP) is 7.59. The van der Waals surface area contributed by atoms with E-state index in [-0.39, 0.29) is 0 Å². The molecular weight excluding hydrogens is 470 g/mol. The molecule has 0 fully saturated rings. The first-order valence-corrected chi connectivity index (χ1v) is 9.97. The van der Waals surface area contributed by atoms with Crippen LogP contribution in [0.2, 0.25) is 20.1 Å². The van der Waals surface area contributed by atoms with Crippen LogP contribution in [0.25, 0.3) is 0 Å². The fraction of sp³-hybridized carbons (Fsp3) is 0. The Bertz CT molecular complexity index is 1000. The number of amides is 4. The third-order valence-corrected chi connectivity index (χ3v) is 5.23. The molecule has 0 heterocycles. The molecular formula is C20H14Cl4N4O2. The third kappa shape index (κ3) is 6.18. The van der Waals surface area contributed by atoms with Crippen molar-refractivity contribution < 1.29 is 9.59 Å². The zero-order chi connectivity index (χ0) is 21.7. The van der Waals surface area contributed by atoms with E-state index in [2.05, 4.69) is 21.3 Å². The summed E-state index contributed by atoms with van der Waals surface area (Å²) in [6.45, 7) is 0. The summed E-state index contributed by atoms with van der Waals surface area (Å²) in [4.78, 5) is 24.2. The minimum absolute atomic E-state index is 0.337. The van der Waals surface area contributed by atoms with Crippen molar-refractivity contribution in [2.45, 2.75) is 0 Å². The van der Waals surface area contributed by atoms with Crippen LogP contribution in [0.15, 0.2) is 60.7 Å². The van der Waals surface area contributed by atoms with E-state index in [4.69, 9.17) is 46.4 Å². The summed E-state index contributed by atoms with van der Waals surface area (Å²) in [6, 6.07) is 15.2. The largest absolute Gasteiger partial charge is 0.323 e. The van der Waals surface area contributed by atoms with E-state index in [0.29, 0.717) is 42.8 Å². The van der Waals surface area contributed by atoms with E-state index in [1.54, 1.807) is 60.7 Å². The molecule has 0 aromatic heterocycles. The summed E-state index contributed by atoms with van der Waals surface area (Å²) >= 11 is 23.6. The van der Waals surface area contributed by atoms with Gasteiger partial charge in [-0.25, -0.2) is 9.59 Å². The van der Waals surface area contributed by atoms with E-state index in [9.17, 15) is 9.59 Å². The Morgan fingerprint density at radius 3 is 1.10 bits per heavy atom. The second-order valence-corrected chi connectivity index (χ2v) is 7.62. The lowest BCUT2D eigenvalue weighted by molar-refractivity contribution is 0.261. The minimum atomic E-state index is -0.452. The molecule has 3 aromatic rings. The Balaban J connectivity index is 1.53. The highest BCUT2D eigenvalue weighted by Gasteiger charge is 2.07. The molecule has 0 spiro atoms. The predicted molar refractivity (Wildman–Crippen MR) is 125 cm³/mol. The average molecular weight is 484 g/mol. The molecule has 6 nitrogen and oxygen atoms in total. The van der Waals surface area contributed by atoms with Crippen molar-refractivity contribution in [2.75, 3.05) is 21.3 Å². The molecule has 4 N–H and O–H groups in total. The molecule has 0 radical (unpaired) electrons. The van der Waals surface area contributed by atoms with Crippen LogP contribution in [-0.2, 0) is 0 Å². The summed E-state index contributed by atoms with van der Waals surface area (Å²) in [5, 5.41) is 12.1. The minimum Gasteiger partial charge on any atom is -0.308 e. The van der Waals surface area contributed by atoms with Gasteiger partial charge in [0.1, 0.15) is 0 Å². The fourth-order valence-corrected chi connectivity index (χ4v) is 2.97. The van der Waals surface area contributed by atoms with Crippen LogP contribution in [0.3, 0.4) is 0 Å². The van der Waals surface area contributed by atoms with Crippen molar-refractivity contribution in [2.24, 2.45) is 0 Å². The lowest BCUT2D eigenvalue weighted by atomic mass is 10.3. The quantitative estimate of drug-likeness (QED) is 0.308. The molecule has 3 aromatic carbocycles. The molecule has 0 aliphatic rings. The number of nitrogens with one attached hydrogen (secondary N) is 4. The van der Waals surface area contributed by atoms with Gasteiger partial charge in [-0.3, -0.25) is 0 Å². The number of benzene rings is 3. The van der Waals surface area contributed by atoms with Crippen molar-refractivity contribution in [3.8, 4) is 0 Å². The molecule has 0 saturated heterocycles. The normalized spacial score (nSPS) is 10.3. The van der Waals surface area contributed by atoms with E-state index in [1.807, 2.05) is 0 Å². The van der Waals surface area contributed by atoms with Gasteiger partial charge in [0, 0.05) is 22.7 Å². The summed E-state index contributed by atoms with van der Waals surface area (Å²) in [5.74, 6) is 0. The van der Waals surface area contributed by atoms with E-state index in [0.717, 1.165) is 0 Å². The van der Waals surface area contributed by atoms with Crippen LogP contribution in [0.4, 0.5) is 32.3 Å². The number of urea groups is 2. The van der Waals surface area contributed by atoms with Gasteiger partial charge in [0.2, 0.25) is 0 Å². The number of carbonyl (C=O) groups excluding carboxylic acids is 2. The number of hydrogen-bond acceptors (Lipinski definition) is 2. The summed E-state index contributed by atoms with van der Waals surface area (Å²) in [5.41, 5.74) is 2.06. The summed E-state index contributed by atoms with van der Waals surface area (Å²) in [7, 11) is 0. The second kappa shape index (κ2) is 9.91. The molecule has 0 aliphatic carbocycles. The van der Waals surface area contributed by atoms with Crippen molar-refractivity contribution in [1.29, 1.82) is 0 Å². The smallest absolute Gasteiger partial charge is 0.308 e. The standard InChI is InChI=1S/C20H14Cl4N4O2/c21-15-7-5-13(9-17(15)23)27-19(29)25-11-1-2-12(4-3-11)26-20(30)28-14-6-8-16(22)18(24)10-14/h1-10H,(H2,25,27,29)(H2,26,28,30). The lowest BCUT2D eigenvalue weighted by Crippen LogP contribution is -2.20. The number of carbonyl (C=O) groups is 2. The maximum Gasteiger partial charge on any atom is 0.323 e. The van der Waals surface area contributed by atoms with Gasteiger partial charge in [-0.15, -0.1) is 0 Å². The SMILES string of the molecule is O=C(Nc1ccc(NC(=O)Nc2ccc(Cl)c(Cl)c2)cc1)Nc1ccc(Cl)c(Cl)c1. The van der Waals surface area contributed by atoms with Crippen LogP contribution in [-0.4, -0.2) is 12.1 Å². The topological polar surface area (TPSA) is 82.3 Å². The van der Waals surface area contributed by atoms with Crippen molar-refractivity contribution in [1.82, 2.24) is 0 Å². The summed E-state index contributed by atoms with van der Waals surface area (Å²) in [6.07, 6.45) is 0. The second-order valence-electron chi connectivity index (χ2n) is 5.99. The van der Waals surface area contributed by atoms with Gasteiger partial charge in [0.05, 0.1) is 20.1 Å². The fourth-order valence-electron chi connectivity index (χ4n) is 2.37. The van der Waals surface area contributed by atoms with Crippen molar-refractivity contribution in [3.05, 3.63) is 80.8 Å². The van der Waals surface area contributed by atoms with E-state index in [1.165, 1.54) is 0 Å². The zero-order valence-corrected chi connectivity index (χ0v) is 18.1. The van der Waals surface area contributed by atoms with Crippen LogP contribution >= 0.6 is 46.4 Å². The Kier molecular flexibility index (Phi) is 7.29. The third-order valence-electron chi connectivity index (χ3n) is 3.76. The van der Waals surface area contributed by atoms with Crippen LogP contribution in [0.5, 0.6) is 0 Å². The van der Waals surface area contributed by atoms with Crippen LogP contribution < -0.4 is 21.3 Å². The molecule has 0 aliphatic heterocycles. The molecule has 30 heavy (non-hydrogen) atoms. The Labute approximate surface area is 192 Å². The van der Waals surface area contributed by atoms with Gasteiger partial charge in [-0.2, -0.15) is 0 Å².